The maximum atomic E-state index is 13.1. The smallest absolute Gasteiger partial charge is 0.231 e. The topological polar surface area (TPSA) is 35.5 Å². The molecule has 1 aromatic rings. The highest BCUT2D eigenvalue weighted by atomic mass is 19.1. The molecule has 1 aliphatic heterocycles. The standard InChI is InChI=1S/C8H4BFO3/c9-6-4(2-11)1-5(10)7-8(6)13-3-12-7/h1-2H,3H2. The van der Waals surface area contributed by atoms with E-state index < -0.39 is 5.82 Å². The number of carbonyl (C=O) groups is 1. The Balaban J connectivity index is 2.69. The Hall–Kier alpha value is -1.52. The van der Waals surface area contributed by atoms with E-state index in [-0.39, 0.29) is 29.3 Å². The maximum absolute atomic E-state index is 13.1. The van der Waals surface area contributed by atoms with Gasteiger partial charge in [0.2, 0.25) is 12.5 Å². The predicted octanol–water partition coefficient (Wildman–Crippen LogP) is 0.161. The molecular weight excluding hydrogens is 174 g/mol. The van der Waals surface area contributed by atoms with Gasteiger partial charge in [0.05, 0.1) is 0 Å². The maximum Gasteiger partial charge on any atom is 0.231 e. The van der Waals surface area contributed by atoms with Gasteiger partial charge < -0.3 is 9.47 Å². The van der Waals surface area contributed by atoms with Crippen LogP contribution in [0.15, 0.2) is 6.07 Å². The number of benzene rings is 1. The van der Waals surface area contributed by atoms with Gasteiger partial charge in [-0.1, -0.05) is 0 Å². The minimum Gasteiger partial charge on any atom is -0.454 e. The summed E-state index contributed by atoms with van der Waals surface area (Å²) in [5, 5.41) is 0. The molecule has 5 heteroatoms. The van der Waals surface area contributed by atoms with Crippen LogP contribution in [0.4, 0.5) is 4.39 Å². The number of hydrogen-bond donors (Lipinski definition) is 0. The van der Waals surface area contributed by atoms with Crippen LogP contribution in [0.25, 0.3) is 0 Å². The van der Waals surface area contributed by atoms with E-state index in [1.54, 1.807) is 0 Å². The second kappa shape index (κ2) is 2.76. The highest BCUT2D eigenvalue weighted by molar-refractivity contribution is 6.37. The van der Waals surface area contributed by atoms with Crippen LogP contribution < -0.4 is 14.9 Å². The lowest BCUT2D eigenvalue weighted by Crippen LogP contribution is -2.12. The van der Waals surface area contributed by atoms with E-state index in [2.05, 4.69) is 0 Å². The summed E-state index contributed by atoms with van der Waals surface area (Å²) in [6, 6.07) is 1.02. The zero-order chi connectivity index (χ0) is 9.42. The lowest BCUT2D eigenvalue weighted by molar-refractivity contribution is 0.112. The third kappa shape index (κ3) is 1.08. The molecule has 64 valence electrons. The Morgan fingerprint density at radius 1 is 1.46 bits per heavy atom. The molecule has 2 radical (unpaired) electrons. The third-order valence-electron chi connectivity index (χ3n) is 1.79. The monoisotopic (exact) mass is 178 g/mol. The molecule has 13 heavy (non-hydrogen) atoms. The Bertz CT molecular complexity index is 378. The van der Waals surface area contributed by atoms with Crippen molar-refractivity contribution >= 4 is 19.6 Å². The molecule has 0 N–H and O–H groups in total. The van der Waals surface area contributed by atoms with Gasteiger partial charge in [-0.2, -0.15) is 0 Å². The number of halogens is 1. The summed E-state index contributed by atoms with van der Waals surface area (Å²) in [6.45, 7) is -0.0707. The first-order valence-electron chi connectivity index (χ1n) is 3.56. The van der Waals surface area contributed by atoms with Crippen LogP contribution in [0.2, 0.25) is 0 Å². The van der Waals surface area contributed by atoms with Crippen molar-refractivity contribution in [2.24, 2.45) is 0 Å². The highest BCUT2D eigenvalue weighted by Crippen LogP contribution is 2.33. The molecular formula is C8H4BFO3. The predicted molar refractivity (Wildman–Crippen MR) is 43.3 cm³/mol. The molecule has 0 spiro atoms. The summed E-state index contributed by atoms with van der Waals surface area (Å²) < 4.78 is 22.8. The van der Waals surface area contributed by atoms with Crippen LogP contribution in [0, 0.1) is 5.82 Å². The van der Waals surface area contributed by atoms with Crippen molar-refractivity contribution in [3.8, 4) is 11.5 Å². The highest BCUT2D eigenvalue weighted by Gasteiger charge is 2.22. The Morgan fingerprint density at radius 3 is 2.85 bits per heavy atom. The quantitative estimate of drug-likeness (QED) is 0.453. The molecule has 2 rings (SSSR count). The van der Waals surface area contributed by atoms with Crippen LogP contribution >= 0.6 is 0 Å². The van der Waals surface area contributed by atoms with Gasteiger partial charge in [-0.05, 0) is 11.5 Å². The van der Waals surface area contributed by atoms with Gasteiger partial charge in [0, 0.05) is 5.56 Å². The largest absolute Gasteiger partial charge is 0.454 e. The van der Waals surface area contributed by atoms with E-state index in [1.165, 1.54) is 0 Å². The minimum atomic E-state index is -0.635. The van der Waals surface area contributed by atoms with E-state index in [0.717, 1.165) is 6.07 Å². The molecule has 0 atom stereocenters. The molecule has 0 aliphatic carbocycles. The van der Waals surface area contributed by atoms with E-state index >= 15 is 0 Å². The summed E-state index contributed by atoms with van der Waals surface area (Å²) in [7, 11) is 5.51. The van der Waals surface area contributed by atoms with Gasteiger partial charge in [0.1, 0.15) is 14.1 Å². The molecule has 0 saturated carbocycles. The number of aldehydes is 1. The molecule has 0 saturated heterocycles. The lowest BCUT2D eigenvalue weighted by atomic mass is 9.89. The first-order chi connectivity index (χ1) is 6.24. The number of hydrogen-bond acceptors (Lipinski definition) is 3. The van der Waals surface area contributed by atoms with Crippen LogP contribution in [0.5, 0.6) is 11.5 Å². The molecule has 0 bridgehead atoms. The van der Waals surface area contributed by atoms with Gasteiger partial charge >= 0.3 is 0 Å². The van der Waals surface area contributed by atoms with Crippen molar-refractivity contribution in [3.63, 3.8) is 0 Å². The van der Waals surface area contributed by atoms with Crippen LogP contribution in [0.1, 0.15) is 10.4 Å². The first kappa shape index (κ1) is 8.10. The van der Waals surface area contributed by atoms with Crippen LogP contribution in [-0.4, -0.2) is 20.9 Å². The fourth-order valence-corrected chi connectivity index (χ4v) is 1.16. The average Bonchev–Trinajstić information content (AvgIpc) is 2.60. The van der Waals surface area contributed by atoms with Crippen molar-refractivity contribution in [2.45, 2.75) is 0 Å². The van der Waals surface area contributed by atoms with Crippen LogP contribution in [0.3, 0.4) is 0 Å². The summed E-state index contributed by atoms with van der Waals surface area (Å²) >= 11 is 0. The van der Waals surface area contributed by atoms with E-state index in [9.17, 15) is 9.18 Å². The molecule has 1 heterocycles. The van der Waals surface area contributed by atoms with Gasteiger partial charge in [-0.3, -0.25) is 4.79 Å². The van der Waals surface area contributed by atoms with Gasteiger partial charge in [-0.15, -0.1) is 0 Å². The van der Waals surface area contributed by atoms with Gasteiger partial charge in [0.15, 0.2) is 11.6 Å². The van der Waals surface area contributed by atoms with Crippen LogP contribution in [-0.2, 0) is 0 Å². The Morgan fingerprint density at radius 2 is 2.15 bits per heavy atom. The molecule has 0 fully saturated rings. The first-order valence-corrected chi connectivity index (χ1v) is 3.56. The second-order valence-corrected chi connectivity index (χ2v) is 2.54. The zero-order valence-corrected chi connectivity index (χ0v) is 6.54. The fraction of sp³-hybridized carbons (Fsp3) is 0.125. The van der Waals surface area contributed by atoms with Gasteiger partial charge in [0.25, 0.3) is 0 Å². The van der Waals surface area contributed by atoms with E-state index in [0.29, 0.717) is 6.29 Å². The van der Waals surface area contributed by atoms with Gasteiger partial charge in [-0.25, -0.2) is 4.39 Å². The third-order valence-corrected chi connectivity index (χ3v) is 1.79. The minimum absolute atomic E-state index is 0.0249. The number of fused-ring (bicyclic) bond motifs is 1. The summed E-state index contributed by atoms with van der Waals surface area (Å²) in [5.74, 6) is -0.547. The fourth-order valence-electron chi connectivity index (χ4n) is 1.16. The summed E-state index contributed by atoms with van der Waals surface area (Å²) in [4.78, 5) is 10.4. The molecule has 1 aromatic carbocycles. The number of rotatable bonds is 1. The van der Waals surface area contributed by atoms with Crippen molar-refractivity contribution in [3.05, 3.63) is 17.4 Å². The number of ether oxygens (including phenoxy) is 2. The van der Waals surface area contributed by atoms with Crippen molar-refractivity contribution in [2.75, 3.05) is 6.79 Å². The molecule has 0 unspecified atom stereocenters. The Labute approximate surface area is 74.9 Å². The Kier molecular flexibility index (Phi) is 1.72. The normalized spacial score (nSPS) is 13.0. The van der Waals surface area contributed by atoms with Crippen molar-refractivity contribution in [1.29, 1.82) is 0 Å². The molecule has 0 amide bonds. The van der Waals surface area contributed by atoms with Crippen molar-refractivity contribution in [1.82, 2.24) is 0 Å². The summed E-state index contributed by atoms with van der Waals surface area (Å²) in [5.41, 5.74) is 0.186. The zero-order valence-electron chi connectivity index (χ0n) is 6.54. The summed E-state index contributed by atoms with van der Waals surface area (Å²) in [6.07, 6.45) is 0.473. The molecule has 0 aromatic heterocycles. The van der Waals surface area contributed by atoms with E-state index in [4.69, 9.17) is 17.3 Å². The molecule has 3 nitrogen and oxygen atoms in total. The number of carbonyl (C=O) groups excluding carboxylic acids is 1. The van der Waals surface area contributed by atoms with Crippen molar-refractivity contribution < 1.29 is 18.7 Å². The SMILES string of the molecule is [B]c1c(C=O)cc(F)c2c1OCO2. The second-order valence-electron chi connectivity index (χ2n) is 2.54. The molecule has 1 aliphatic rings. The lowest BCUT2D eigenvalue weighted by Gasteiger charge is -2.04. The van der Waals surface area contributed by atoms with E-state index in [1.807, 2.05) is 0 Å². The average molecular weight is 178 g/mol.